The van der Waals surface area contributed by atoms with Gasteiger partial charge in [-0.05, 0) is 71.8 Å². The summed E-state index contributed by atoms with van der Waals surface area (Å²) >= 11 is 3.60. The van der Waals surface area contributed by atoms with Crippen LogP contribution in [0.1, 0.15) is 51.0 Å². The third-order valence-corrected chi connectivity index (χ3v) is 5.17. The standard InChI is InChI=1S/C18H28BrNO/c1-3-11-20-17(15-7-5-4-6-8-15)13-14-9-10-18(21-2)16(19)12-14/h9-10,12,15,17,20H,3-8,11,13H2,1-2H3. The van der Waals surface area contributed by atoms with Crippen LogP contribution in [0.5, 0.6) is 5.75 Å². The third kappa shape index (κ3) is 5.00. The second kappa shape index (κ2) is 8.79. The van der Waals surface area contributed by atoms with Crippen molar-refractivity contribution in [3.05, 3.63) is 28.2 Å². The molecule has 1 saturated carbocycles. The van der Waals surface area contributed by atoms with E-state index in [1.54, 1.807) is 7.11 Å². The fraction of sp³-hybridized carbons (Fsp3) is 0.667. The molecule has 0 radical (unpaired) electrons. The topological polar surface area (TPSA) is 21.3 Å². The van der Waals surface area contributed by atoms with E-state index in [2.05, 4.69) is 46.4 Å². The molecule has 1 aromatic carbocycles. The molecule has 0 aliphatic heterocycles. The number of hydrogen-bond donors (Lipinski definition) is 1. The molecule has 0 aromatic heterocycles. The number of hydrogen-bond acceptors (Lipinski definition) is 2. The number of methoxy groups -OCH3 is 1. The second-order valence-corrected chi connectivity index (χ2v) is 6.99. The molecular formula is C18H28BrNO. The molecule has 1 aliphatic carbocycles. The van der Waals surface area contributed by atoms with Crippen LogP contribution in [0.2, 0.25) is 0 Å². The van der Waals surface area contributed by atoms with Gasteiger partial charge in [0, 0.05) is 6.04 Å². The Bertz CT molecular complexity index is 429. The lowest BCUT2D eigenvalue weighted by Crippen LogP contribution is -2.39. The van der Waals surface area contributed by atoms with Crippen LogP contribution in [-0.4, -0.2) is 19.7 Å². The van der Waals surface area contributed by atoms with E-state index in [0.717, 1.165) is 29.1 Å². The molecule has 1 atom stereocenters. The van der Waals surface area contributed by atoms with Crippen molar-refractivity contribution in [2.45, 2.75) is 57.9 Å². The van der Waals surface area contributed by atoms with Gasteiger partial charge in [-0.1, -0.05) is 32.3 Å². The Balaban J connectivity index is 2.04. The van der Waals surface area contributed by atoms with Gasteiger partial charge in [0.05, 0.1) is 11.6 Å². The van der Waals surface area contributed by atoms with Crippen LogP contribution in [-0.2, 0) is 6.42 Å². The summed E-state index contributed by atoms with van der Waals surface area (Å²) in [4.78, 5) is 0. The summed E-state index contributed by atoms with van der Waals surface area (Å²) in [6, 6.07) is 7.09. The summed E-state index contributed by atoms with van der Waals surface area (Å²) in [5.41, 5.74) is 1.39. The van der Waals surface area contributed by atoms with E-state index in [-0.39, 0.29) is 0 Å². The largest absolute Gasteiger partial charge is 0.496 e. The fourth-order valence-corrected chi connectivity index (χ4v) is 3.95. The van der Waals surface area contributed by atoms with Gasteiger partial charge < -0.3 is 10.1 Å². The molecule has 3 heteroatoms. The van der Waals surface area contributed by atoms with E-state index in [4.69, 9.17) is 4.74 Å². The quantitative estimate of drug-likeness (QED) is 0.748. The Morgan fingerprint density at radius 1 is 1.29 bits per heavy atom. The van der Waals surface area contributed by atoms with Crippen molar-refractivity contribution in [2.24, 2.45) is 5.92 Å². The van der Waals surface area contributed by atoms with E-state index in [0.29, 0.717) is 6.04 Å². The van der Waals surface area contributed by atoms with Gasteiger partial charge in [0.25, 0.3) is 0 Å². The summed E-state index contributed by atoms with van der Waals surface area (Å²) in [6.45, 7) is 3.37. The van der Waals surface area contributed by atoms with Crippen LogP contribution in [0.3, 0.4) is 0 Å². The summed E-state index contributed by atoms with van der Waals surface area (Å²) in [5, 5.41) is 3.79. The smallest absolute Gasteiger partial charge is 0.133 e. The Morgan fingerprint density at radius 3 is 2.67 bits per heavy atom. The van der Waals surface area contributed by atoms with E-state index >= 15 is 0 Å². The monoisotopic (exact) mass is 353 g/mol. The maximum absolute atomic E-state index is 5.32. The molecule has 0 bridgehead atoms. The van der Waals surface area contributed by atoms with Crippen molar-refractivity contribution in [3.63, 3.8) is 0 Å². The molecule has 0 heterocycles. The van der Waals surface area contributed by atoms with Gasteiger partial charge in [-0.3, -0.25) is 0 Å². The molecule has 1 N–H and O–H groups in total. The highest BCUT2D eigenvalue weighted by atomic mass is 79.9. The zero-order chi connectivity index (χ0) is 15.1. The lowest BCUT2D eigenvalue weighted by Gasteiger charge is -2.31. The van der Waals surface area contributed by atoms with Crippen molar-refractivity contribution in [1.82, 2.24) is 5.32 Å². The molecule has 1 unspecified atom stereocenters. The average molecular weight is 354 g/mol. The van der Waals surface area contributed by atoms with Gasteiger partial charge in [-0.15, -0.1) is 0 Å². The zero-order valence-electron chi connectivity index (χ0n) is 13.3. The SMILES string of the molecule is CCCNC(Cc1ccc(OC)c(Br)c1)C1CCCCC1. The van der Waals surface area contributed by atoms with E-state index in [1.165, 1.54) is 44.1 Å². The molecule has 1 aliphatic rings. The fourth-order valence-electron chi connectivity index (χ4n) is 3.36. The van der Waals surface area contributed by atoms with Gasteiger partial charge in [-0.25, -0.2) is 0 Å². The Hall–Kier alpha value is -0.540. The minimum Gasteiger partial charge on any atom is -0.496 e. The van der Waals surface area contributed by atoms with Crippen LogP contribution in [0.4, 0.5) is 0 Å². The number of halogens is 1. The lowest BCUT2D eigenvalue weighted by atomic mass is 9.81. The highest BCUT2D eigenvalue weighted by Gasteiger charge is 2.23. The summed E-state index contributed by atoms with van der Waals surface area (Å²) in [5.74, 6) is 1.75. The molecule has 2 nitrogen and oxygen atoms in total. The Kier molecular flexibility index (Phi) is 7.05. The first-order valence-electron chi connectivity index (χ1n) is 8.30. The van der Waals surface area contributed by atoms with Crippen molar-refractivity contribution < 1.29 is 4.74 Å². The van der Waals surface area contributed by atoms with Gasteiger partial charge in [-0.2, -0.15) is 0 Å². The van der Waals surface area contributed by atoms with Gasteiger partial charge >= 0.3 is 0 Å². The Morgan fingerprint density at radius 2 is 2.05 bits per heavy atom. The molecule has 1 fully saturated rings. The molecule has 1 aromatic rings. The highest BCUT2D eigenvalue weighted by Crippen LogP contribution is 2.30. The second-order valence-electron chi connectivity index (χ2n) is 6.13. The predicted molar refractivity (Wildman–Crippen MR) is 93.1 cm³/mol. The van der Waals surface area contributed by atoms with Crippen LogP contribution in [0.15, 0.2) is 22.7 Å². The van der Waals surface area contributed by atoms with E-state index < -0.39 is 0 Å². The van der Waals surface area contributed by atoms with Crippen molar-refractivity contribution >= 4 is 15.9 Å². The minimum atomic E-state index is 0.616. The van der Waals surface area contributed by atoms with Crippen molar-refractivity contribution in [1.29, 1.82) is 0 Å². The van der Waals surface area contributed by atoms with Gasteiger partial charge in [0.15, 0.2) is 0 Å². The first kappa shape index (κ1) is 16.8. The zero-order valence-corrected chi connectivity index (χ0v) is 14.9. The highest BCUT2D eigenvalue weighted by molar-refractivity contribution is 9.10. The van der Waals surface area contributed by atoms with Crippen LogP contribution in [0.25, 0.3) is 0 Å². The van der Waals surface area contributed by atoms with Gasteiger partial charge in [0.1, 0.15) is 5.75 Å². The summed E-state index contributed by atoms with van der Waals surface area (Å²) in [6.07, 6.45) is 9.33. The number of benzene rings is 1. The molecule has 21 heavy (non-hydrogen) atoms. The average Bonchev–Trinajstić information content (AvgIpc) is 2.52. The number of rotatable bonds is 7. The molecule has 0 spiro atoms. The third-order valence-electron chi connectivity index (χ3n) is 4.55. The minimum absolute atomic E-state index is 0.616. The van der Waals surface area contributed by atoms with Crippen molar-refractivity contribution in [2.75, 3.05) is 13.7 Å². The van der Waals surface area contributed by atoms with E-state index in [1.807, 2.05) is 0 Å². The molecule has 2 rings (SSSR count). The van der Waals surface area contributed by atoms with Crippen LogP contribution in [0, 0.1) is 5.92 Å². The first-order valence-corrected chi connectivity index (χ1v) is 9.09. The summed E-state index contributed by atoms with van der Waals surface area (Å²) in [7, 11) is 1.72. The Labute approximate surface area is 137 Å². The molecular weight excluding hydrogens is 326 g/mol. The maximum atomic E-state index is 5.32. The normalized spacial score (nSPS) is 17.7. The molecule has 118 valence electrons. The number of nitrogens with one attached hydrogen (secondary N) is 1. The van der Waals surface area contributed by atoms with Crippen LogP contribution < -0.4 is 10.1 Å². The molecule has 0 saturated heterocycles. The van der Waals surface area contributed by atoms with Crippen molar-refractivity contribution in [3.8, 4) is 5.75 Å². The lowest BCUT2D eigenvalue weighted by molar-refractivity contribution is 0.267. The van der Waals surface area contributed by atoms with E-state index in [9.17, 15) is 0 Å². The predicted octanol–water partition coefficient (Wildman–Crippen LogP) is 4.95. The van der Waals surface area contributed by atoms with Crippen LogP contribution >= 0.6 is 15.9 Å². The maximum Gasteiger partial charge on any atom is 0.133 e. The first-order chi connectivity index (χ1) is 10.2. The summed E-state index contributed by atoms with van der Waals surface area (Å²) < 4.78 is 6.38. The number of ether oxygens (including phenoxy) is 1. The van der Waals surface area contributed by atoms with Gasteiger partial charge in [0.2, 0.25) is 0 Å². The molecule has 0 amide bonds.